The molecule has 2 rings (SSSR count). The second-order valence-corrected chi connectivity index (χ2v) is 7.56. The number of piperidine rings is 1. The molecule has 126 valence electrons. The fourth-order valence-corrected chi connectivity index (χ4v) is 3.41. The molecule has 0 spiro atoms. The van der Waals surface area contributed by atoms with Gasteiger partial charge in [-0.05, 0) is 38.0 Å². The van der Waals surface area contributed by atoms with E-state index >= 15 is 0 Å². The van der Waals surface area contributed by atoms with Gasteiger partial charge in [-0.3, -0.25) is 9.59 Å². The van der Waals surface area contributed by atoms with Crippen LogP contribution in [0.3, 0.4) is 0 Å². The highest BCUT2D eigenvalue weighted by Crippen LogP contribution is 2.24. The van der Waals surface area contributed by atoms with Gasteiger partial charge in [0, 0.05) is 13.1 Å². The number of Topliss-reactive ketones (excluding diaryl/α,β-unsaturated/α-hetero) is 1. The molecule has 0 N–H and O–H groups in total. The van der Waals surface area contributed by atoms with Crippen LogP contribution in [0.25, 0.3) is 0 Å². The van der Waals surface area contributed by atoms with Crippen molar-refractivity contribution in [3.63, 3.8) is 0 Å². The maximum atomic E-state index is 13.2. The van der Waals surface area contributed by atoms with Gasteiger partial charge in [-0.25, -0.2) is 17.1 Å². The van der Waals surface area contributed by atoms with Crippen molar-refractivity contribution in [2.45, 2.75) is 19.8 Å². The van der Waals surface area contributed by atoms with Crippen LogP contribution in [0, 0.1) is 11.7 Å². The standard InChI is InChI=1S/C15H18FNO5S/c1-10(18)13-8-12(16)5-6-14(13)22-15(19)11-4-3-7-17(9-11)23(2,20)21/h5-6,8,11H,3-4,7,9H2,1-2H3. The number of hydrogen-bond acceptors (Lipinski definition) is 5. The van der Waals surface area contributed by atoms with E-state index in [1.807, 2.05) is 0 Å². The van der Waals surface area contributed by atoms with Crippen LogP contribution in [-0.4, -0.2) is 43.8 Å². The number of halogens is 1. The summed E-state index contributed by atoms with van der Waals surface area (Å²) in [5.41, 5.74) is -0.0193. The predicted octanol–water partition coefficient (Wildman–Crippen LogP) is 1.61. The number of carbonyl (C=O) groups is 2. The van der Waals surface area contributed by atoms with Gasteiger partial charge in [0.2, 0.25) is 10.0 Å². The summed E-state index contributed by atoms with van der Waals surface area (Å²) in [6, 6.07) is 3.33. The molecule has 0 bridgehead atoms. The third-order valence-electron chi connectivity index (χ3n) is 3.72. The molecule has 1 heterocycles. The van der Waals surface area contributed by atoms with Crippen molar-refractivity contribution in [1.82, 2.24) is 4.31 Å². The number of rotatable bonds is 4. The third-order valence-corrected chi connectivity index (χ3v) is 4.99. The first-order chi connectivity index (χ1) is 10.7. The van der Waals surface area contributed by atoms with Gasteiger partial charge >= 0.3 is 5.97 Å². The number of ether oxygens (including phenoxy) is 1. The molecule has 1 aliphatic heterocycles. The first-order valence-electron chi connectivity index (χ1n) is 7.16. The minimum absolute atomic E-state index is 0.0135. The second kappa shape index (κ2) is 6.76. The van der Waals surface area contributed by atoms with Crippen LogP contribution in [0.2, 0.25) is 0 Å². The fraction of sp³-hybridized carbons (Fsp3) is 0.467. The number of hydrogen-bond donors (Lipinski definition) is 0. The summed E-state index contributed by atoms with van der Waals surface area (Å²) < 4.78 is 42.8. The molecule has 1 unspecified atom stereocenters. The summed E-state index contributed by atoms with van der Waals surface area (Å²) in [5, 5.41) is 0. The highest BCUT2D eigenvalue weighted by atomic mass is 32.2. The van der Waals surface area contributed by atoms with Crippen LogP contribution in [0.4, 0.5) is 4.39 Å². The zero-order chi connectivity index (χ0) is 17.2. The van der Waals surface area contributed by atoms with E-state index in [-0.39, 0.29) is 17.9 Å². The van der Waals surface area contributed by atoms with Gasteiger partial charge < -0.3 is 4.74 Å². The van der Waals surface area contributed by atoms with E-state index in [0.29, 0.717) is 19.4 Å². The molecule has 0 aliphatic carbocycles. The lowest BCUT2D eigenvalue weighted by atomic mass is 10.00. The van der Waals surface area contributed by atoms with Gasteiger partial charge in [0.1, 0.15) is 11.6 Å². The van der Waals surface area contributed by atoms with Crippen molar-refractivity contribution in [2.24, 2.45) is 5.92 Å². The molecule has 0 saturated carbocycles. The Morgan fingerprint density at radius 1 is 1.35 bits per heavy atom. The molecular formula is C15H18FNO5S. The Labute approximate surface area is 134 Å². The van der Waals surface area contributed by atoms with Gasteiger partial charge in [-0.15, -0.1) is 0 Å². The smallest absolute Gasteiger partial charge is 0.315 e. The summed E-state index contributed by atoms with van der Waals surface area (Å²) in [4.78, 5) is 23.8. The van der Waals surface area contributed by atoms with Crippen LogP contribution in [0.15, 0.2) is 18.2 Å². The van der Waals surface area contributed by atoms with E-state index in [0.717, 1.165) is 18.4 Å². The van der Waals surface area contributed by atoms with Crippen LogP contribution >= 0.6 is 0 Å². The Morgan fingerprint density at radius 2 is 2.04 bits per heavy atom. The minimum atomic E-state index is -3.37. The number of sulfonamides is 1. The normalized spacial score (nSPS) is 19.3. The van der Waals surface area contributed by atoms with Crippen LogP contribution in [0.1, 0.15) is 30.1 Å². The SMILES string of the molecule is CC(=O)c1cc(F)ccc1OC(=O)C1CCCN(S(C)(=O)=O)C1. The fourth-order valence-electron chi connectivity index (χ4n) is 2.49. The molecule has 1 aromatic rings. The molecule has 0 radical (unpaired) electrons. The molecule has 1 fully saturated rings. The van der Waals surface area contributed by atoms with E-state index in [4.69, 9.17) is 4.74 Å². The lowest BCUT2D eigenvalue weighted by molar-refractivity contribution is -0.140. The van der Waals surface area contributed by atoms with Crippen LogP contribution in [-0.2, 0) is 14.8 Å². The van der Waals surface area contributed by atoms with Crippen molar-refractivity contribution in [2.75, 3.05) is 19.3 Å². The van der Waals surface area contributed by atoms with E-state index in [1.165, 1.54) is 17.3 Å². The van der Waals surface area contributed by atoms with Gasteiger partial charge in [0.15, 0.2) is 5.78 Å². The van der Waals surface area contributed by atoms with Crippen molar-refractivity contribution in [3.05, 3.63) is 29.6 Å². The third kappa shape index (κ3) is 4.35. The van der Waals surface area contributed by atoms with Crippen molar-refractivity contribution < 1.29 is 27.1 Å². The quantitative estimate of drug-likeness (QED) is 0.471. The highest BCUT2D eigenvalue weighted by molar-refractivity contribution is 7.88. The number of ketones is 1. The average Bonchev–Trinajstić information content (AvgIpc) is 2.48. The van der Waals surface area contributed by atoms with E-state index in [9.17, 15) is 22.4 Å². The summed E-state index contributed by atoms with van der Waals surface area (Å²) in [5.74, 6) is -2.26. The number of nitrogens with zero attached hydrogens (tertiary/aromatic N) is 1. The summed E-state index contributed by atoms with van der Waals surface area (Å²) >= 11 is 0. The Balaban J connectivity index is 2.15. The zero-order valence-electron chi connectivity index (χ0n) is 12.9. The lowest BCUT2D eigenvalue weighted by Crippen LogP contribution is -2.42. The van der Waals surface area contributed by atoms with Gasteiger partial charge in [0.05, 0.1) is 17.7 Å². The average molecular weight is 343 g/mol. The van der Waals surface area contributed by atoms with Crippen LogP contribution < -0.4 is 4.74 Å². The van der Waals surface area contributed by atoms with Gasteiger partial charge in [-0.2, -0.15) is 0 Å². The number of carbonyl (C=O) groups excluding carboxylic acids is 2. The number of esters is 1. The highest BCUT2D eigenvalue weighted by Gasteiger charge is 2.31. The minimum Gasteiger partial charge on any atom is -0.426 e. The second-order valence-electron chi connectivity index (χ2n) is 5.58. The first-order valence-corrected chi connectivity index (χ1v) is 9.00. The molecule has 0 amide bonds. The number of benzene rings is 1. The topological polar surface area (TPSA) is 80.8 Å². The Hall–Kier alpha value is -1.80. The molecule has 0 aromatic heterocycles. The molecule has 1 aliphatic rings. The molecule has 23 heavy (non-hydrogen) atoms. The van der Waals surface area contributed by atoms with E-state index < -0.39 is 33.5 Å². The molecule has 1 saturated heterocycles. The maximum absolute atomic E-state index is 13.2. The van der Waals surface area contributed by atoms with Gasteiger partial charge in [-0.1, -0.05) is 0 Å². The Bertz CT molecular complexity index is 731. The summed E-state index contributed by atoms with van der Waals surface area (Å²) in [6.45, 7) is 1.67. The van der Waals surface area contributed by atoms with E-state index in [2.05, 4.69) is 0 Å². The zero-order valence-corrected chi connectivity index (χ0v) is 13.7. The van der Waals surface area contributed by atoms with E-state index in [1.54, 1.807) is 0 Å². The van der Waals surface area contributed by atoms with Crippen molar-refractivity contribution in [3.8, 4) is 5.75 Å². The molecule has 8 heteroatoms. The molecule has 6 nitrogen and oxygen atoms in total. The van der Waals surface area contributed by atoms with Gasteiger partial charge in [0.25, 0.3) is 0 Å². The summed E-state index contributed by atoms with van der Waals surface area (Å²) in [7, 11) is -3.37. The lowest BCUT2D eigenvalue weighted by Gasteiger charge is -2.29. The largest absolute Gasteiger partial charge is 0.426 e. The predicted molar refractivity (Wildman–Crippen MR) is 81.2 cm³/mol. The molecule has 1 aromatic carbocycles. The van der Waals surface area contributed by atoms with Crippen molar-refractivity contribution >= 4 is 21.8 Å². The van der Waals surface area contributed by atoms with Crippen molar-refractivity contribution in [1.29, 1.82) is 0 Å². The van der Waals surface area contributed by atoms with Crippen LogP contribution in [0.5, 0.6) is 5.75 Å². The molecule has 1 atom stereocenters. The Morgan fingerprint density at radius 3 is 2.65 bits per heavy atom. The Kier molecular flexibility index (Phi) is 5.16. The molecular weight excluding hydrogens is 325 g/mol. The monoisotopic (exact) mass is 343 g/mol. The first kappa shape index (κ1) is 17.6. The summed E-state index contributed by atoms with van der Waals surface area (Å²) in [6.07, 6.45) is 2.14. The maximum Gasteiger partial charge on any atom is 0.315 e.